The lowest BCUT2D eigenvalue weighted by atomic mass is 9.97. The van der Waals surface area contributed by atoms with Crippen LogP contribution in [0.25, 0.3) is 5.65 Å². The fourth-order valence-corrected chi connectivity index (χ4v) is 3.09. The molecule has 0 radical (unpaired) electrons. The number of aromatic amines is 1. The second-order valence-corrected chi connectivity index (χ2v) is 5.70. The number of rotatable bonds is 5. The quantitative estimate of drug-likeness (QED) is 0.755. The van der Waals surface area contributed by atoms with E-state index in [1.54, 1.807) is 0 Å². The minimum atomic E-state index is 0.146. The molecule has 1 aliphatic rings. The van der Waals surface area contributed by atoms with Crippen molar-refractivity contribution < 1.29 is 4.74 Å². The molecule has 2 N–H and O–H groups in total. The van der Waals surface area contributed by atoms with Crippen molar-refractivity contribution in [2.75, 3.05) is 13.2 Å². The highest BCUT2D eigenvalue weighted by Gasteiger charge is 2.29. The number of aromatic nitrogens is 4. The van der Waals surface area contributed by atoms with E-state index in [1.807, 2.05) is 41.2 Å². The molecule has 0 unspecified atom stereocenters. The van der Waals surface area contributed by atoms with Crippen molar-refractivity contribution >= 4 is 5.65 Å². The van der Waals surface area contributed by atoms with Crippen LogP contribution in [0.1, 0.15) is 23.8 Å². The summed E-state index contributed by atoms with van der Waals surface area (Å²) in [5, 5.41) is 10.4. The maximum Gasteiger partial charge on any atom is 0.137 e. The van der Waals surface area contributed by atoms with E-state index in [-0.39, 0.29) is 6.10 Å². The molecule has 1 fully saturated rings. The topological polar surface area (TPSA) is 67.2 Å². The van der Waals surface area contributed by atoms with E-state index >= 15 is 0 Å². The predicted octanol–water partition coefficient (Wildman–Crippen LogP) is 1.92. The second-order valence-electron chi connectivity index (χ2n) is 5.70. The summed E-state index contributed by atoms with van der Waals surface area (Å²) < 4.78 is 7.89. The van der Waals surface area contributed by atoms with Crippen LogP contribution in [-0.4, -0.2) is 32.7 Å². The molecule has 1 saturated heterocycles. The van der Waals surface area contributed by atoms with Crippen LogP contribution in [0.15, 0.2) is 43.0 Å². The van der Waals surface area contributed by atoms with Gasteiger partial charge in [0.25, 0.3) is 0 Å². The molecule has 6 nitrogen and oxygen atoms in total. The molecule has 4 rings (SSSR count). The average Bonchev–Trinajstić information content (AvgIpc) is 3.27. The minimum Gasteiger partial charge on any atom is -0.373 e. The van der Waals surface area contributed by atoms with Gasteiger partial charge in [0.2, 0.25) is 0 Å². The molecule has 0 spiro atoms. The van der Waals surface area contributed by atoms with Crippen molar-refractivity contribution in [1.82, 2.24) is 24.9 Å². The molecular weight excluding hydrogens is 278 g/mol. The number of pyridine rings is 1. The number of ether oxygens (including phenoxy) is 1. The smallest absolute Gasteiger partial charge is 0.137 e. The van der Waals surface area contributed by atoms with Gasteiger partial charge in [0.05, 0.1) is 18.0 Å². The summed E-state index contributed by atoms with van der Waals surface area (Å²) in [6, 6.07) is 6.03. The van der Waals surface area contributed by atoms with Gasteiger partial charge in [-0.2, -0.15) is 5.10 Å². The summed E-state index contributed by atoms with van der Waals surface area (Å²) in [4.78, 5) is 4.60. The van der Waals surface area contributed by atoms with Gasteiger partial charge in [-0.1, -0.05) is 6.07 Å². The summed E-state index contributed by atoms with van der Waals surface area (Å²) in [6.07, 6.45) is 9.09. The molecule has 3 aromatic rings. The molecule has 1 aliphatic heterocycles. The molecule has 0 saturated carbocycles. The van der Waals surface area contributed by atoms with E-state index in [1.165, 1.54) is 0 Å². The SMILES string of the molecule is c1ccn2cc(CNC[C@H]3CCO[C@@H]3c3cn[nH]c3)nc2c1. The normalized spacial score (nSPS) is 21.6. The van der Waals surface area contributed by atoms with Crippen molar-refractivity contribution in [3.63, 3.8) is 0 Å². The summed E-state index contributed by atoms with van der Waals surface area (Å²) in [5.41, 5.74) is 3.18. The molecular formula is C16H19N5O. The van der Waals surface area contributed by atoms with E-state index in [9.17, 15) is 0 Å². The van der Waals surface area contributed by atoms with Crippen molar-refractivity contribution in [3.05, 3.63) is 54.2 Å². The van der Waals surface area contributed by atoms with Crippen LogP contribution in [0, 0.1) is 5.92 Å². The van der Waals surface area contributed by atoms with Crippen molar-refractivity contribution in [1.29, 1.82) is 0 Å². The maximum atomic E-state index is 5.84. The first-order valence-corrected chi connectivity index (χ1v) is 7.64. The van der Waals surface area contributed by atoms with Crippen LogP contribution in [0.5, 0.6) is 0 Å². The number of nitrogens with one attached hydrogen (secondary N) is 2. The Morgan fingerprint density at radius 2 is 2.41 bits per heavy atom. The predicted molar refractivity (Wildman–Crippen MR) is 82.3 cm³/mol. The zero-order valence-corrected chi connectivity index (χ0v) is 12.3. The number of hydrogen-bond acceptors (Lipinski definition) is 4. The average molecular weight is 297 g/mol. The third kappa shape index (κ3) is 2.63. The minimum absolute atomic E-state index is 0.146. The Morgan fingerprint density at radius 1 is 1.41 bits per heavy atom. The Balaban J connectivity index is 1.36. The van der Waals surface area contributed by atoms with Crippen molar-refractivity contribution in [2.45, 2.75) is 19.1 Å². The van der Waals surface area contributed by atoms with Gasteiger partial charge in [0, 0.05) is 49.8 Å². The molecule has 22 heavy (non-hydrogen) atoms. The van der Waals surface area contributed by atoms with Gasteiger partial charge in [-0.3, -0.25) is 5.10 Å². The lowest BCUT2D eigenvalue weighted by molar-refractivity contribution is 0.0904. The van der Waals surface area contributed by atoms with Gasteiger partial charge in [0.15, 0.2) is 0 Å². The van der Waals surface area contributed by atoms with E-state index in [0.29, 0.717) is 5.92 Å². The lowest BCUT2D eigenvalue weighted by Gasteiger charge is -2.17. The highest BCUT2D eigenvalue weighted by Crippen LogP contribution is 2.33. The number of imidazole rings is 1. The van der Waals surface area contributed by atoms with E-state index in [0.717, 1.165) is 43.0 Å². The largest absolute Gasteiger partial charge is 0.373 e. The first-order chi connectivity index (χ1) is 10.9. The van der Waals surface area contributed by atoms with E-state index in [2.05, 4.69) is 26.7 Å². The maximum absolute atomic E-state index is 5.84. The number of hydrogen-bond donors (Lipinski definition) is 2. The first kappa shape index (κ1) is 13.5. The fraction of sp³-hybridized carbons (Fsp3) is 0.375. The molecule has 0 amide bonds. The monoisotopic (exact) mass is 297 g/mol. The number of nitrogens with zero attached hydrogens (tertiary/aromatic N) is 3. The van der Waals surface area contributed by atoms with Gasteiger partial charge in [-0.05, 0) is 18.6 Å². The standard InChI is InChI=1S/C16H19N5O/c1-2-5-21-11-14(20-15(21)3-1)10-17-7-12-4-6-22-16(12)13-8-18-19-9-13/h1-3,5,8-9,11-12,16-17H,4,6-7,10H2,(H,18,19)/t12-,16+/m1/s1. The summed E-state index contributed by atoms with van der Waals surface area (Å²) in [5.74, 6) is 0.481. The summed E-state index contributed by atoms with van der Waals surface area (Å²) in [7, 11) is 0. The van der Waals surface area contributed by atoms with Crippen LogP contribution < -0.4 is 5.32 Å². The Kier molecular flexibility index (Phi) is 3.62. The second kappa shape index (κ2) is 5.90. The van der Waals surface area contributed by atoms with Crippen LogP contribution in [0.2, 0.25) is 0 Å². The van der Waals surface area contributed by atoms with Crippen molar-refractivity contribution in [3.8, 4) is 0 Å². The third-order valence-electron chi connectivity index (χ3n) is 4.19. The van der Waals surface area contributed by atoms with E-state index < -0.39 is 0 Å². The van der Waals surface area contributed by atoms with Gasteiger partial charge >= 0.3 is 0 Å². The molecule has 3 aromatic heterocycles. The Hall–Kier alpha value is -2.18. The van der Waals surface area contributed by atoms with Crippen molar-refractivity contribution in [2.24, 2.45) is 5.92 Å². The van der Waals surface area contributed by atoms with Crippen LogP contribution >= 0.6 is 0 Å². The zero-order chi connectivity index (χ0) is 14.8. The Morgan fingerprint density at radius 3 is 3.27 bits per heavy atom. The van der Waals surface area contributed by atoms with Crippen LogP contribution in [0.4, 0.5) is 0 Å². The Bertz CT molecular complexity index is 703. The lowest BCUT2D eigenvalue weighted by Crippen LogP contribution is -2.24. The highest BCUT2D eigenvalue weighted by atomic mass is 16.5. The highest BCUT2D eigenvalue weighted by molar-refractivity contribution is 5.39. The molecule has 2 atom stereocenters. The first-order valence-electron chi connectivity index (χ1n) is 7.64. The fourth-order valence-electron chi connectivity index (χ4n) is 3.09. The molecule has 114 valence electrons. The third-order valence-corrected chi connectivity index (χ3v) is 4.19. The molecule has 0 bridgehead atoms. The van der Waals surface area contributed by atoms with E-state index in [4.69, 9.17) is 4.74 Å². The van der Waals surface area contributed by atoms with Gasteiger partial charge in [-0.25, -0.2) is 4.98 Å². The Labute approximate surface area is 128 Å². The van der Waals surface area contributed by atoms with Gasteiger partial charge in [-0.15, -0.1) is 0 Å². The van der Waals surface area contributed by atoms with Crippen LogP contribution in [0.3, 0.4) is 0 Å². The van der Waals surface area contributed by atoms with Crippen LogP contribution in [-0.2, 0) is 11.3 Å². The van der Waals surface area contributed by atoms with Gasteiger partial charge < -0.3 is 14.5 Å². The number of fused-ring (bicyclic) bond motifs is 1. The van der Waals surface area contributed by atoms with Gasteiger partial charge in [0.1, 0.15) is 5.65 Å². The molecule has 0 aliphatic carbocycles. The zero-order valence-electron chi connectivity index (χ0n) is 12.3. The molecule has 0 aromatic carbocycles. The summed E-state index contributed by atoms with van der Waals surface area (Å²) >= 11 is 0. The molecule has 6 heteroatoms. The molecule has 4 heterocycles. The summed E-state index contributed by atoms with van der Waals surface area (Å²) in [6.45, 7) is 2.51. The number of H-pyrrole nitrogens is 1.